The van der Waals surface area contributed by atoms with E-state index in [-0.39, 0.29) is 0 Å². The molecule has 1 aromatic heterocycles. The first-order valence-electron chi connectivity index (χ1n) is 5.39. The van der Waals surface area contributed by atoms with Crippen molar-refractivity contribution in [1.29, 1.82) is 0 Å². The molecule has 0 aliphatic carbocycles. The van der Waals surface area contributed by atoms with Crippen molar-refractivity contribution in [2.45, 2.75) is 52.1 Å². The Kier molecular flexibility index (Phi) is 4.55. The molecule has 1 aromatic rings. The van der Waals surface area contributed by atoms with Crippen molar-refractivity contribution in [3.63, 3.8) is 0 Å². The van der Waals surface area contributed by atoms with Crippen LogP contribution in [-0.4, -0.2) is 10.5 Å². The van der Waals surface area contributed by atoms with Crippen LogP contribution < -0.4 is 5.32 Å². The minimum absolute atomic E-state index is 0.311. The molecule has 0 saturated carbocycles. The number of hydrogen-bond acceptors (Lipinski definition) is 3. The zero-order chi connectivity index (χ0) is 10.4. The summed E-state index contributed by atoms with van der Waals surface area (Å²) >= 11 is 1.72. The predicted octanol–water partition coefficient (Wildman–Crippen LogP) is 3.20. The molecule has 1 heterocycles. The van der Waals surface area contributed by atoms with E-state index in [0.717, 1.165) is 6.54 Å². The van der Waals surface area contributed by atoms with Crippen molar-refractivity contribution in [3.8, 4) is 0 Å². The Morgan fingerprint density at radius 1 is 1.29 bits per heavy atom. The van der Waals surface area contributed by atoms with Crippen LogP contribution in [0.2, 0.25) is 0 Å². The minimum atomic E-state index is 0.311. The number of nitrogens with one attached hydrogen (secondary N) is 1. The van der Waals surface area contributed by atoms with Gasteiger partial charge in [0.25, 0.3) is 0 Å². The monoisotopic (exact) mass is 212 g/mol. The van der Waals surface area contributed by atoms with Gasteiger partial charge < -0.3 is 5.32 Å². The summed E-state index contributed by atoms with van der Waals surface area (Å²) in [5.41, 5.74) is 0.311. The van der Waals surface area contributed by atoms with Crippen molar-refractivity contribution < 1.29 is 0 Å². The summed E-state index contributed by atoms with van der Waals surface area (Å²) in [6.07, 6.45) is 5.43. The highest BCUT2D eigenvalue weighted by Gasteiger charge is 2.22. The first-order valence-corrected chi connectivity index (χ1v) is 6.27. The summed E-state index contributed by atoms with van der Waals surface area (Å²) in [6, 6.07) is 0. The highest BCUT2D eigenvalue weighted by Crippen LogP contribution is 2.20. The Bertz CT molecular complexity index is 232. The summed E-state index contributed by atoms with van der Waals surface area (Å²) in [5.74, 6) is 0. The molecule has 80 valence electrons. The van der Waals surface area contributed by atoms with E-state index in [1.165, 1.54) is 24.3 Å². The van der Waals surface area contributed by atoms with Crippen LogP contribution in [0.5, 0.6) is 0 Å². The van der Waals surface area contributed by atoms with Gasteiger partial charge in [-0.2, -0.15) is 0 Å². The second-order valence-electron chi connectivity index (χ2n) is 3.62. The van der Waals surface area contributed by atoms with Crippen molar-refractivity contribution in [2.75, 3.05) is 0 Å². The summed E-state index contributed by atoms with van der Waals surface area (Å²) in [4.78, 5) is 4.28. The van der Waals surface area contributed by atoms with E-state index in [1.807, 2.05) is 11.6 Å². The Labute approximate surface area is 90.8 Å². The molecular weight excluding hydrogens is 192 g/mol. The topological polar surface area (TPSA) is 24.9 Å². The maximum Gasteiger partial charge on any atom is 0.106 e. The molecular formula is C11H20N2S. The largest absolute Gasteiger partial charge is 0.305 e. The van der Waals surface area contributed by atoms with Crippen LogP contribution in [0, 0.1) is 0 Å². The van der Waals surface area contributed by atoms with Crippen LogP contribution >= 0.6 is 11.3 Å². The first kappa shape index (κ1) is 11.7. The lowest BCUT2D eigenvalue weighted by atomic mass is 9.90. The Morgan fingerprint density at radius 2 is 1.93 bits per heavy atom. The van der Waals surface area contributed by atoms with Crippen molar-refractivity contribution in [2.24, 2.45) is 0 Å². The lowest BCUT2D eigenvalue weighted by Crippen LogP contribution is -2.43. The lowest BCUT2D eigenvalue weighted by molar-refractivity contribution is 0.288. The molecule has 3 heteroatoms. The Balaban J connectivity index is 2.48. The predicted molar refractivity (Wildman–Crippen MR) is 62.6 cm³/mol. The average molecular weight is 212 g/mol. The third-order valence-electron chi connectivity index (χ3n) is 3.13. The fraction of sp³-hybridized carbons (Fsp3) is 0.727. The maximum atomic E-state index is 4.28. The molecule has 0 bridgehead atoms. The van der Waals surface area contributed by atoms with Crippen LogP contribution in [0.15, 0.2) is 11.6 Å². The molecule has 1 rings (SSSR count). The fourth-order valence-electron chi connectivity index (χ4n) is 1.73. The quantitative estimate of drug-likeness (QED) is 0.783. The van der Waals surface area contributed by atoms with Gasteiger partial charge in [-0.25, -0.2) is 4.98 Å². The van der Waals surface area contributed by atoms with E-state index in [2.05, 4.69) is 31.1 Å². The van der Waals surface area contributed by atoms with Crippen LogP contribution in [0.25, 0.3) is 0 Å². The van der Waals surface area contributed by atoms with Gasteiger partial charge in [0, 0.05) is 23.7 Å². The average Bonchev–Trinajstić information content (AvgIpc) is 2.74. The molecule has 0 unspecified atom stereocenters. The number of aromatic nitrogens is 1. The number of rotatable bonds is 6. The molecule has 0 aliphatic rings. The molecule has 14 heavy (non-hydrogen) atoms. The van der Waals surface area contributed by atoms with Crippen molar-refractivity contribution in [1.82, 2.24) is 10.3 Å². The number of thiazole rings is 1. The normalized spacial score (nSPS) is 11.9. The lowest BCUT2D eigenvalue weighted by Gasteiger charge is -2.31. The van der Waals surface area contributed by atoms with E-state index < -0.39 is 0 Å². The van der Waals surface area contributed by atoms with Gasteiger partial charge in [0.2, 0.25) is 0 Å². The molecule has 0 saturated heterocycles. The van der Waals surface area contributed by atoms with Gasteiger partial charge in [0.1, 0.15) is 5.01 Å². The van der Waals surface area contributed by atoms with Gasteiger partial charge in [0.15, 0.2) is 0 Å². The fourth-order valence-corrected chi connectivity index (χ4v) is 2.28. The standard InChI is InChI=1S/C11H20N2S/c1-4-11(5-2,6-3)13-9-10-12-7-8-14-10/h7-8,13H,4-6,9H2,1-3H3. The van der Waals surface area contributed by atoms with Crippen LogP contribution in [0.4, 0.5) is 0 Å². The zero-order valence-corrected chi connectivity index (χ0v) is 10.2. The smallest absolute Gasteiger partial charge is 0.106 e. The minimum Gasteiger partial charge on any atom is -0.305 e. The van der Waals surface area contributed by atoms with Crippen LogP contribution in [-0.2, 0) is 6.54 Å². The van der Waals surface area contributed by atoms with Crippen LogP contribution in [0.1, 0.15) is 45.0 Å². The SMILES string of the molecule is CCC(CC)(CC)NCc1nccs1. The second kappa shape index (κ2) is 5.47. The van der Waals surface area contributed by atoms with Crippen molar-refractivity contribution in [3.05, 3.63) is 16.6 Å². The summed E-state index contributed by atoms with van der Waals surface area (Å²) in [5, 5.41) is 6.85. The molecule has 1 N–H and O–H groups in total. The Hall–Kier alpha value is -0.410. The zero-order valence-electron chi connectivity index (χ0n) is 9.34. The molecule has 0 aromatic carbocycles. The van der Waals surface area contributed by atoms with Gasteiger partial charge in [0.05, 0.1) is 0 Å². The van der Waals surface area contributed by atoms with Gasteiger partial charge in [-0.3, -0.25) is 0 Å². The summed E-state index contributed by atoms with van der Waals surface area (Å²) in [7, 11) is 0. The van der Waals surface area contributed by atoms with E-state index in [4.69, 9.17) is 0 Å². The highest BCUT2D eigenvalue weighted by molar-refractivity contribution is 7.09. The highest BCUT2D eigenvalue weighted by atomic mass is 32.1. The van der Waals surface area contributed by atoms with Gasteiger partial charge in [-0.1, -0.05) is 20.8 Å². The van der Waals surface area contributed by atoms with Crippen LogP contribution in [0.3, 0.4) is 0 Å². The van der Waals surface area contributed by atoms with Crippen molar-refractivity contribution >= 4 is 11.3 Å². The summed E-state index contributed by atoms with van der Waals surface area (Å²) < 4.78 is 0. The summed E-state index contributed by atoms with van der Waals surface area (Å²) in [6.45, 7) is 7.67. The van der Waals surface area contributed by atoms with E-state index in [1.54, 1.807) is 11.3 Å². The van der Waals surface area contributed by atoms with E-state index >= 15 is 0 Å². The molecule has 0 fully saturated rings. The number of hydrogen-bond donors (Lipinski definition) is 1. The molecule has 0 aliphatic heterocycles. The second-order valence-corrected chi connectivity index (χ2v) is 4.60. The van der Waals surface area contributed by atoms with Gasteiger partial charge in [-0.05, 0) is 19.3 Å². The van der Waals surface area contributed by atoms with E-state index in [9.17, 15) is 0 Å². The third-order valence-corrected chi connectivity index (χ3v) is 3.91. The number of nitrogens with zero attached hydrogens (tertiary/aromatic N) is 1. The van der Waals surface area contributed by atoms with E-state index in [0.29, 0.717) is 5.54 Å². The molecule has 0 spiro atoms. The molecule has 2 nitrogen and oxygen atoms in total. The maximum absolute atomic E-state index is 4.28. The van der Waals surface area contributed by atoms with Gasteiger partial charge in [-0.15, -0.1) is 11.3 Å². The Morgan fingerprint density at radius 3 is 2.36 bits per heavy atom. The molecule has 0 atom stereocenters. The molecule has 0 amide bonds. The third kappa shape index (κ3) is 2.79. The first-order chi connectivity index (χ1) is 6.76. The molecule has 0 radical (unpaired) electrons. The van der Waals surface area contributed by atoms with Gasteiger partial charge >= 0.3 is 0 Å².